The van der Waals surface area contributed by atoms with Crippen LogP contribution in [-0.2, 0) is 4.74 Å². The van der Waals surface area contributed by atoms with Crippen molar-refractivity contribution in [3.63, 3.8) is 0 Å². The van der Waals surface area contributed by atoms with Gasteiger partial charge < -0.3 is 19.7 Å². The van der Waals surface area contributed by atoms with Gasteiger partial charge in [0.15, 0.2) is 5.78 Å². The summed E-state index contributed by atoms with van der Waals surface area (Å²) in [7, 11) is 0. The van der Waals surface area contributed by atoms with E-state index in [2.05, 4.69) is 0 Å². The standard InChI is InChI=1S/C15H22O5/c1-15(2,20-11-9-17)14(18)12-4-6-13(7-5-12)19-10-3-8-16/h4-7,16-17H,3,8-11H2,1-2H3. The van der Waals surface area contributed by atoms with Crippen molar-refractivity contribution in [1.29, 1.82) is 0 Å². The fourth-order valence-corrected chi connectivity index (χ4v) is 1.67. The van der Waals surface area contributed by atoms with E-state index in [1.807, 2.05) is 0 Å². The van der Waals surface area contributed by atoms with E-state index in [-0.39, 0.29) is 25.6 Å². The van der Waals surface area contributed by atoms with E-state index < -0.39 is 5.60 Å². The Balaban J connectivity index is 2.65. The van der Waals surface area contributed by atoms with Gasteiger partial charge in [0.05, 0.1) is 19.8 Å². The molecule has 0 radical (unpaired) electrons. The first-order valence-electron chi connectivity index (χ1n) is 6.64. The first kappa shape index (κ1) is 16.6. The van der Waals surface area contributed by atoms with Crippen LogP contribution in [0.3, 0.4) is 0 Å². The van der Waals surface area contributed by atoms with Gasteiger partial charge in [-0.1, -0.05) is 0 Å². The van der Waals surface area contributed by atoms with Crippen molar-refractivity contribution in [2.24, 2.45) is 0 Å². The first-order valence-corrected chi connectivity index (χ1v) is 6.64. The maximum absolute atomic E-state index is 12.3. The fourth-order valence-electron chi connectivity index (χ4n) is 1.67. The maximum atomic E-state index is 12.3. The molecule has 0 bridgehead atoms. The normalized spacial score (nSPS) is 11.4. The Labute approximate surface area is 119 Å². The monoisotopic (exact) mass is 282 g/mol. The smallest absolute Gasteiger partial charge is 0.194 e. The summed E-state index contributed by atoms with van der Waals surface area (Å²) < 4.78 is 10.7. The zero-order chi connectivity index (χ0) is 15.0. The van der Waals surface area contributed by atoms with Crippen molar-refractivity contribution in [2.75, 3.05) is 26.4 Å². The molecule has 0 fully saturated rings. The van der Waals surface area contributed by atoms with Crippen LogP contribution in [-0.4, -0.2) is 48.0 Å². The van der Waals surface area contributed by atoms with Gasteiger partial charge in [-0.15, -0.1) is 0 Å². The molecule has 0 amide bonds. The lowest BCUT2D eigenvalue weighted by Gasteiger charge is -2.23. The zero-order valence-corrected chi connectivity index (χ0v) is 12.0. The highest BCUT2D eigenvalue weighted by Crippen LogP contribution is 2.20. The van der Waals surface area contributed by atoms with Crippen LogP contribution >= 0.6 is 0 Å². The van der Waals surface area contributed by atoms with E-state index in [0.29, 0.717) is 24.3 Å². The molecular formula is C15H22O5. The predicted molar refractivity (Wildman–Crippen MR) is 75.1 cm³/mol. The van der Waals surface area contributed by atoms with E-state index in [1.165, 1.54) is 0 Å². The van der Waals surface area contributed by atoms with Gasteiger partial charge >= 0.3 is 0 Å². The minimum atomic E-state index is -0.970. The molecule has 2 N–H and O–H groups in total. The van der Waals surface area contributed by atoms with Crippen LogP contribution in [0.1, 0.15) is 30.6 Å². The molecule has 0 aromatic heterocycles. The molecule has 0 aliphatic heterocycles. The van der Waals surface area contributed by atoms with Gasteiger partial charge in [-0.2, -0.15) is 0 Å². The molecule has 0 aliphatic carbocycles. The number of carbonyl (C=O) groups excluding carboxylic acids is 1. The number of carbonyl (C=O) groups is 1. The van der Waals surface area contributed by atoms with Gasteiger partial charge in [0.2, 0.25) is 0 Å². The van der Waals surface area contributed by atoms with E-state index in [9.17, 15) is 4.79 Å². The Kier molecular flexibility index (Phi) is 6.64. The second-order valence-corrected chi connectivity index (χ2v) is 4.86. The van der Waals surface area contributed by atoms with Crippen LogP contribution < -0.4 is 4.74 Å². The van der Waals surface area contributed by atoms with Gasteiger partial charge in [0.25, 0.3) is 0 Å². The third-order valence-electron chi connectivity index (χ3n) is 2.79. The Hall–Kier alpha value is -1.43. The van der Waals surface area contributed by atoms with Crippen LogP contribution in [0, 0.1) is 0 Å². The molecule has 0 aliphatic rings. The van der Waals surface area contributed by atoms with Crippen LogP contribution in [0.25, 0.3) is 0 Å². The number of ketones is 1. The summed E-state index contributed by atoms with van der Waals surface area (Å²) in [6, 6.07) is 6.79. The summed E-state index contributed by atoms with van der Waals surface area (Å²) in [5.41, 5.74) is -0.440. The average molecular weight is 282 g/mol. The second-order valence-electron chi connectivity index (χ2n) is 4.86. The van der Waals surface area contributed by atoms with Crippen molar-refractivity contribution in [3.8, 4) is 5.75 Å². The number of hydrogen-bond acceptors (Lipinski definition) is 5. The lowest BCUT2D eigenvalue weighted by molar-refractivity contribution is -0.0174. The summed E-state index contributed by atoms with van der Waals surface area (Å²) in [5.74, 6) is 0.511. The van der Waals surface area contributed by atoms with Crippen molar-refractivity contribution >= 4 is 5.78 Å². The molecular weight excluding hydrogens is 260 g/mol. The second kappa shape index (κ2) is 7.99. The Morgan fingerprint density at radius 3 is 2.30 bits per heavy atom. The minimum absolute atomic E-state index is 0.0902. The van der Waals surface area contributed by atoms with Crippen molar-refractivity contribution in [1.82, 2.24) is 0 Å². The van der Waals surface area contributed by atoms with Gasteiger partial charge in [0, 0.05) is 18.6 Å². The third-order valence-corrected chi connectivity index (χ3v) is 2.79. The zero-order valence-electron chi connectivity index (χ0n) is 12.0. The number of aliphatic hydroxyl groups excluding tert-OH is 2. The van der Waals surface area contributed by atoms with E-state index >= 15 is 0 Å². The lowest BCUT2D eigenvalue weighted by atomic mass is 9.96. The SMILES string of the molecule is CC(C)(OCCO)C(=O)c1ccc(OCCCO)cc1. The molecule has 1 aromatic carbocycles. The Bertz CT molecular complexity index is 411. The highest BCUT2D eigenvalue weighted by molar-refractivity contribution is 6.02. The number of Topliss-reactive ketones (excluding diaryl/α,β-unsaturated/α-hetero) is 1. The van der Waals surface area contributed by atoms with E-state index in [1.54, 1.807) is 38.1 Å². The number of aliphatic hydroxyl groups is 2. The van der Waals surface area contributed by atoms with Gasteiger partial charge in [-0.3, -0.25) is 4.79 Å². The fraction of sp³-hybridized carbons (Fsp3) is 0.533. The number of hydrogen-bond donors (Lipinski definition) is 2. The van der Waals surface area contributed by atoms with Gasteiger partial charge in [-0.25, -0.2) is 0 Å². The molecule has 112 valence electrons. The largest absolute Gasteiger partial charge is 0.494 e. The number of rotatable bonds is 9. The lowest BCUT2D eigenvalue weighted by Crippen LogP contribution is -2.36. The van der Waals surface area contributed by atoms with E-state index in [4.69, 9.17) is 19.7 Å². The maximum Gasteiger partial charge on any atom is 0.194 e. The van der Waals surface area contributed by atoms with Crippen LogP contribution in [0.15, 0.2) is 24.3 Å². The molecule has 0 unspecified atom stereocenters. The topological polar surface area (TPSA) is 76.0 Å². The summed E-state index contributed by atoms with van der Waals surface area (Å²) in [6.07, 6.45) is 0.572. The van der Waals surface area contributed by atoms with Gasteiger partial charge in [0.1, 0.15) is 11.4 Å². The van der Waals surface area contributed by atoms with Crippen molar-refractivity contribution in [2.45, 2.75) is 25.9 Å². The number of benzene rings is 1. The summed E-state index contributed by atoms with van der Waals surface area (Å²) >= 11 is 0. The van der Waals surface area contributed by atoms with Crippen molar-refractivity contribution < 1.29 is 24.5 Å². The van der Waals surface area contributed by atoms with Crippen LogP contribution in [0.2, 0.25) is 0 Å². The predicted octanol–water partition coefficient (Wildman–Crippen LogP) is 1.42. The highest BCUT2D eigenvalue weighted by atomic mass is 16.5. The molecule has 0 saturated heterocycles. The third kappa shape index (κ3) is 4.92. The molecule has 1 aromatic rings. The molecule has 0 atom stereocenters. The molecule has 5 heteroatoms. The first-order chi connectivity index (χ1) is 9.51. The molecule has 0 spiro atoms. The highest BCUT2D eigenvalue weighted by Gasteiger charge is 2.29. The number of ether oxygens (including phenoxy) is 2. The minimum Gasteiger partial charge on any atom is -0.494 e. The summed E-state index contributed by atoms with van der Waals surface area (Å²) in [6.45, 7) is 3.89. The Morgan fingerprint density at radius 1 is 1.10 bits per heavy atom. The average Bonchev–Trinajstić information content (AvgIpc) is 2.45. The molecule has 20 heavy (non-hydrogen) atoms. The van der Waals surface area contributed by atoms with E-state index in [0.717, 1.165) is 0 Å². The van der Waals surface area contributed by atoms with Crippen LogP contribution in [0.5, 0.6) is 5.75 Å². The Morgan fingerprint density at radius 2 is 1.75 bits per heavy atom. The molecule has 1 rings (SSSR count). The van der Waals surface area contributed by atoms with Crippen molar-refractivity contribution in [3.05, 3.63) is 29.8 Å². The quantitative estimate of drug-likeness (QED) is 0.529. The summed E-state index contributed by atoms with van der Waals surface area (Å²) in [4.78, 5) is 12.3. The van der Waals surface area contributed by atoms with Gasteiger partial charge in [-0.05, 0) is 38.1 Å². The van der Waals surface area contributed by atoms with Crippen LogP contribution in [0.4, 0.5) is 0 Å². The molecule has 0 saturated carbocycles. The molecule has 0 heterocycles. The summed E-state index contributed by atoms with van der Waals surface area (Å²) in [5, 5.41) is 17.4. The molecule has 5 nitrogen and oxygen atoms in total.